The topological polar surface area (TPSA) is 96.4 Å². The highest BCUT2D eigenvalue weighted by Gasteiger charge is 2.38. The van der Waals surface area contributed by atoms with Gasteiger partial charge in [-0.05, 0) is 43.2 Å². The zero-order valence-electron chi connectivity index (χ0n) is 16.4. The van der Waals surface area contributed by atoms with Crippen molar-refractivity contribution in [2.75, 3.05) is 12.5 Å². The number of rotatable bonds is 8. The second-order valence-electron chi connectivity index (χ2n) is 6.91. The van der Waals surface area contributed by atoms with Crippen molar-refractivity contribution in [3.8, 4) is 0 Å². The molecule has 12 heteroatoms. The van der Waals surface area contributed by atoms with Crippen LogP contribution in [-0.4, -0.2) is 42.8 Å². The maximum atomic E-state index is 14.5. The maximum Gasteiger partial charge on any atom is 0.271 e. The van der Waals surface area contributed by atoms with Crippen molar-refractivity contribution in [1.29, 1.82) is 0 Å². The number of pyridine rings is 1. The third-order valence-corrected chi connectivity index (χ3v) is 6.41. The van der Waals surface area contributed by atoms with Crippen LogP contribution < -0.4 is 5.32 Å². The number of alkyl halides is 2. The zero-order valence-corrected chi connectivity index (χ0v) is 17.2. The van der Waals surface area contributed by atoms with Gasteiger partial charge in [-0.15, -0.1) is 0 Å². The Balaban J connectivity index is 2.70. The number of halogens is 5. The van der Waals surface area contributed by atoms with Gasteiger partial charge in [0.15, 0.2) is 21.5 Å². The fraction of sp³-hybridized carbons (Fsp3) is 0.368. The van der Waals surface area contributed by atoms with Gasteiger partial charge in [-0.3, -0.25) is 9.78 Å². The van der Waals surface area contributed by atoms with Crippen LogP contribution in [0.2, 0.25) is 0 Å². The lowest BCUT2D eigenvalue weighted by Crippen LogP contribution is -2.27. The number of nitrogens with one attached hydrogen (secondary N) is 1. The molecule has 0 saturated carbocycles. The second-order valence-corrected chi connectivity index (χ2v) is 9.12. The van der Waals surface area contributed by atoms with Gasteiger partial charge in [0, 0.05) is 18.2 Å². The van der Waals surface area contributed by atoms with Crippen LogP contribution in [-0.2, 0) is 9.84 Å². The summed E-state index contributed by atoms with van der Waals surface area (Å²) in [6.07, 6.45) is -0.286. The van der Waals surface area contributed by atoms with E-state index in [1.807, 2.05) is 5.32 Å². The standard InChI is InChI=1S/C19H19F5N2O4S/c1-10-7-14(18(28)26-9-27)25-8-11(10)17(31(29,30)6-5-19(2,23)24)15-12(20)3-4-13(21)16(15)22/h3-4,7-8,17,27H,5-6,9H2,1-2H3,(H,26,28). The van der Waals surface area contributed by atoms with Crippen LogP contribution in [0, 0.1) is 24.4 Å². The molecule has 1 amide bonds. The van der Waals surface area contributed by atoms with Crippen molar-refractivity contribution in [1.82, 2.24) is 10.3 Å². The molecule has 31 heavy (non-hydrogen) atoms. The molecule has 0 aliphatic heterocycles. The number of amides is 1. The number of aliphatic hydroxyl groups excluding tert-OH is 1. The minimum Gasteiger partial charge on any atom is -0.376 e. The van der Waals surface area contributed by atoms with E-state index in [9.17, 15) is 35.2 Å². The van der Waals surface area contributed by atoms with Gasteiger partial charge in [0.2, 0.25) is 5.92 Å². The number of aryl methyl sites for hydroxylation is 1. The van der Waals surface area contributed by atoms with E-state index in [4.69, 9.17) is 5.11 Å². The van der Waals surface area contributed by atoms with Gasteiger partial charge in [-0.2, -0.15) is 0 Å². The van der Waals surface area contributed by atoms with Crippen LogP contribution in [0.1, 0.15) is 45.8 Å². The number of benzene rings is 1. The number of hydrogen-bond donors (Lipinski definition) is 2. The van der Waals surface area contributed by atoms with Gasteiger partial charge in [0.05, 0.1) is 5.75 Å². The molecule has 1 aromatic carbocycles. The Kier molecular flexibility index (Phi) is 7.37. The SMILES string of the molecule is Cc1cc(C(=O)NCO)ncc1C(c1c(F)ccc(F)c1F)S(=O)(=O)CCC(C)(F)F. The van der Waals surface area contributed by atoms with Gasteiger partial charge < -0.3 is 10.4 Å². The molecular weight excluding hydrogens is 447 g/mol. The predicted octanol–water partition coefficient (Wildman–Crippen LogP) is 3.04. The largest absolute Gasteiger partial charge is 0.376 e. The second kappa shape index (κ2) is 9.27. The Morgan fingerprint density at radius 3 is 2.39 bits per heavy atom. The summed E-state index contributed by atoms with van der Waals surface area (Å²) in [5, 5.41) is 8.62. The third kappa shape index (κ3) is 5.76. The lowest BCUT2D eigenvalue weighted by Gasteiger charge is -2.22. The molecule has 170 valence electrons. The molecule has 6 nitrogen and oxygen atoms in total. The van der Waals surface area contributed by atoms with Gasteiger partial charge in [-0.1, -0.05) is 0 Å². The minimum atomic E-state index is -4.70. The molecule has 0 radical (unpaired) electrons. The molecule has 2 N–H and O–H groups in total. The number of aromatic nitrogens is 1. The van der Waals surface area contributed by atoms with Crippen molar-refractivity contribution < 1.29 is 40.3 Å². The van der Waals surface area contributed by atoms with Crippen molar-refractivity contribution >= 4 is 15.7 Å². The van der Waals surface area contributed by atoms with E-state index >= 15 is 0 Å². The molecule has 0 aliphatic rings. The van der Waals surface area contributed by atoms with E-state index in [1.54, 1.807) is 0 Å². The van der Waals surface area contributed by atoms with Gasteiger partial charge in [0.25, 0.3) is 5.91 Å². The smallest absolute Gasteiger partial charge is 0.271 e. The third-order valence-electron chi connectivity index (χ3n) is 4.43. The first-order chi connectivity index (χ1) is 14.3. The molecule has 1 heterocycles. The van der Waals surface area contributed by atoms with Crippen molar-refractivity contribution in [3.05, 3.63) is 64.2 Å². The summed E-state index contributed by atoms with van der Waals surface area (Å²) in [5.41, 5.74) is -1.70. The normalized spacial score (nSPS) is 13.2. The molecule has 2 aromatic rings. The van der Waals surface area contributed by atoms with Crippen LogP contribution in [0.25, 0.3) is 0 Å². The van der Waals surface area contributed by atoms with Crippen LogP contribution in [0.5, 0.6) is 0 Å². The Labute approximate surface area is 175 Å². The summed E-state index contributed by atoms with van der Waals surface area (Å²) in [4.78, 5) is 15.5. The molecular formula is C19H19F5N2O4S. The van der Waals surface area contributed by atoms with Gasteiger partial charge in [0.1, 0.15) is 23.5 Å². The molecule has 0 saturated heterocycles. The van der Waals surface area contributed by atoms with Crippen LogP contribution >= 0.6 is 0 Å². The summed E-state index contributed by atoms with van der Waals surface area (Å²) in [5.74, 6) is -10.0. The zero-order chi connectivity index (χ0) is 23.6. The number of sulfone groups is 1. The molecule has 1 atom stereocenters. The maximum absolute atomic E-state index is 14.5. The Hall–Kier alpha value is -2.60. The van der Waals surface area contributed by atoms with Crippen LogP contribution in [0.15, 0.2) is 24.4 Å². The fourth-order valence-electron chi connectivity index (χ4n) is 2.88. The lowest BCUT2D eigenvalue weighted by molar-refractivity contribution is 0.0189. The Morgan fingerprint density at radius 1 is 1.23 bits per heavy atom. The number of aliphatic hydroxyl groups is 1. The first kappa shape index (κ1) is 24.7. The predicted molar refractivity (Wildman–Crippen MR) is 101 cm³/mol. The molecule has 0 aliphatic carbocycles. The van der Waals surface area contributed by atoms with Crippen molar-refractivity contribution in [3.63, 3.8) is 0 Å². The summed E-state index contributed by atoms with van der Waals surface area (Å²) < 4.78 is 95.2. The summed E-state index contributed by atoms with van der Waals surface area (Å²) in [7, 11) is -4.70. The summed E-state index contributed by atoms with van der Waals surface area (Å²) in [6, 6.07) is 2.08. The average molecular weight is 466 g/mol. The minimum absolute atomic E-state index is 0.0259. The molecule has 1 aromatic heterocycles. The number of hydrogen-bond acceptors (Lipinski definition) is 5. The quantitative estimate of drug-likeness (QED) is 0.354. The molecule has 2 rings (SSSR count). The van der Waals surface area contributed by atoms with E-state index in [0.717, 1.165) is 12.3 Å². The first-order valence-corrected chi connectivity index (χ1v) is 10.6. The van der Waals surface area contributed by atoms with Gasteiger partial charge in [-0.25, -0.2) is 30.4 Å². The number of nitrogens with zero attached hydrogens (tertiary/aromatic N) is 1. The summed E-state index contributed by atoms with van der Waals surface area (Å²) in [6.45, 7) is 1.09. The van der Waals surface area contributed by atoms with Crippen molar-refractivity contribution in [2.24, 2.45) is 0 Å². The van der Waals surface area contributed by atoms with Gasteiger partial charge >= 0.3 is 0 Å². The van der Waals surface area contributed by atoms with E-state index in [1.165, 1.54) is 6.92 Å². The first-order valence-electron chi connectivity index (χ1n) is 8.87. The molecule has 0 spiro atoms. The lowest BCUT2D eigenvalue weighted by atomic mass is 10.00. The summed E-state index contributed by atoms with van der Waals surface area (Å²) >= 11 is 0. The van der Waals surface area contributed by atoms with E-state index in [2.05, 4.69) is 4.98 Å². The molecule has 1 unspecified atom stereocenters. The van der Waals surface area contributed by atoms with E-state index < -0.39 is 68.8 Å². The highest BCUT2D eigenvalue weighted by molar-refractivity contribution is 7.91. The average Bonchev–Trinajstić information content (AvgIpc) is 2.67. The van der Waals surface area contributed by atoms with Crippen molar-refractivity contribution in [2.45, 2.75) is 31.4 Å². The monoisotopic (exact) mass is 466 g/mol. The Morgan fingerprint density at radius 2 is 1.84 bits per heavy atom. The highest BCUT2D eigenvalue weighted by Crippen LogP contribution is 2.37. The molecule has 0 bridgehead atoms. The van der Waals surface area contributed by atoms with Crippen LogP contribution in [0.4, 0.5) is 22.0 Å². The fourth-order valence-corrected chi connectivity index (χ4v) is 4.97. The highest BCUT2D eigenvalue weighted by atomic mass is 32.2. The Bertz CT molecular complexity index is 1090. The number of carbonyl (C=O) groups is 1. The molecule has 0 fully saturated rings. The number of carbonyl (C=O) groups excluding carboxylic acids is 1. The van der Waals surface area contributed by atoms with E-state index in [0.29, 0.717) is 19.1 Å². The van der Waals surface area contributed by atoms with Crippen LogP contribution in [0.3, 0.4) is 0 Å². The van der Waals surface area contributed by atoms with E-state index in [-0.39, 0.29) is 16.8 Å².